The molecular formula is C25H20BrN3O4. The molecule has 7 nitrogen and oxygen atoms in total. The summed E-state index contributed by atoms with van der Waals surface area (Å²) in [4.78, 5) is 26.1. The zero-order valence-corrected chi connectivity index (χ0v) is 19.3. The molecule has 0 spiro atoms. The summed E-state index contributed by atoms with van der Waals surface area (Å²) < 4.78 is 6.07. The summed E-state index contributed by atoms with van der Waals surface area (Å²) in [6, 6.07) is 19.2. The lowest BCUT2D eigenvalue weighted by atomic mass is 9.82. The number of carbonyl (C=O) groups excluding carboxylic acids is 1. The molecule has 1 saturated heterocycles. The molecule has 3 aromatic rings. The Morgan fingerprint density at radius 3 is 2.42 bits per heavy atom. The van der Waals surface area contributed by atoms with Crippen molar-refractivity contribution in [3.63, 3.8) is 0 Å². The average molecular weight is 506 g/mol. The molecule has 0 N–H and O–H groups in total. The number of hydrazone groups is 1. The molecular weight excluding hydrogens is 486 g/mol. The Balaban J connectivity index is 1.67. The fourth-order valence-electron chi connectivity index (χ4n) is 4.89. The van der Waals surface area contributed by atoms with E-state index in [0.717, 1.165) is 21.2 Å². The van der Waals surface area contributed by atoms with Crippen molar-refractivity contribution in [1.82, 2.24) is 5.01 Å². The topological polar surface area (TPSA) is 85.0 Å². The third-order valence-electron chi connectivity index (χ3n) is 6.39. The number of carbonyl (C=O) groups is 1. The Morgan fingerprint density at radius 2 is 1.76 bits per heavy atom. The molecule has 0 radical (unpaired) electrons. The predicted molar refractivity (Wildman–Crippen MR) is 127 cm³/mol. The first kappa shape index (κ1) is 21.3. The zero-order valence-electron chi connectivity index (χ0n) is 17.7. The fraction of sp³-hybridized carbons (Fsp3) is 0.200. The van der Waals surface area contributed by atoms with Gasteiger partial charge in [0.15, 0.2) is 5.78 Å². The van der Waals surface area contributed by atoms with Crippen LogP contribution in [0.15, 0.2) is 82.4 Å². The lowest BCUT2D eigenvalue weighted by Gasteiger charge is -2.30. The van der Waals surface area contributed by atoms with Gasteiger partial charge < -0.3 is 4.74 Å². The monoisotopic (exact) mass is 505 g/mol. The van der Waals surface area contributed by atoms with Gasteiger partial charge in [-0.25, -0.2) is 0 Å². The molecule has 2 aliphatic rings. The maximum atomic E-state index is 13.8. The molecule has 4 atom stereocenters. The number of ketones is 1. The van der Waals surface area contributed by atoms with E-state index in [1.54, 1.807) is 42.6 Å². The Hall–Kier alpha value is -3.52. The molecule has 5 rings (SSSR count). The zero-order chi connectivity index (χ0) is 23.1. The number of benzene rings is 3. The molecule has 8 heteroatoms. The number of hydrogen-bond donors (Lipinski definition) is 0. The van der Waals surface area contributed by atoms with Crippen molar-refractivity contribution in [3.8, 4) is 5.75 Å². The minimum atomic E-state index is -1.04. The van der Waals surface area contributed by atoms with Crippen LogP contribution in [0, 0.1) is 10.1 Å². The second-order valence-corrected chi connectivity index (χ2v) is 9.00. The molecule has 0 aromatic heterocycles. The van der Waals surface area contributed by atoms with E-state index in [1.165, 1.54) is 0 Å². The lowest BCUT2D eigenvalue weighted by Crippen LogP contribution is -2.38. The van der Waals surface area contributed by atoms with Crippen LogP contribution in [0.3, 0.4) is 0 Å². The van der Waals surface area contributed by atoms with Crippen molar-refractivity contribution in [2.75, 3.05) is 7.11 Å². The minimum absolute atomic E-state index is 0.212. The smallest absolute Gasteiger partial charge is 0.248 e. The molecule has 2 aliphatic heterocycles. The van der Waals surface area contributed by atoms with E-state index in [-0.39, 0.29) is 10.7 Å². The first-order valence-electron chi connectivity index (χ1n) is 10.5. The molecule has 0 amide bonds. The molecule has 3 aromatic carbocycles. The van der Waals surface area contributed by atoms with Crippen LogP contribution in [0.5, 0.6) is 5.75 Å². The Bertz CT molecular complexity index is 1240. The van der Waals surface area contributed by atoms with Gasteiger partial charge in [0.25, 0.3) is 0 Å². The summed E-state index contributed by atoms with van der Waals surface area (Å²) in [5.41, 5.74) is 2.83. The van der Waals surface area contributed by atoms with E-state index >= 15 is 0 Å². The summed E-state index contributed by atoms with van der Waals surface area (Å²) in [6.45, 7) is 0. The van der Waals surface area contributed by atoms with Gasteiger partial charge >= 0.3 is 0 Å². The highest BCUT2D eigenvalue weighted by Crippen LogP contribution is 2.49. The van der Waals surface area contributed by atoms with Crippen molar-refractivity contribution < 1.29 is 14.5 Å². The molecule has 0 bridgehead atoms. The van der Waals surface area contributed by atoms with Crippen LogP contribution in [-0.2, 0) is 0 Å². The normalized spacial score (nSPS) is 23.0. The third-order valence-corrected chi connectivity index (χ3v) is 6.92. The van der Waals surface area contributed by atoms with Crippen LogP contribution in [0.4, 0.5) is 0 Å². The summed E-state index contributed by atoms with van der Waals surface area (Å²) >= 11 is 3.43. The number of hydrogen-bond acceptors (Lipinski definition) is 6. The van der Waals surface area contributed by atoms with Crippen molar-refractivity contribution in [2.45, 2.75) is 24.0 Å². The Kier molecular flexibility index (Phi) is 5.46. The molecule has 1 fully saturated rings. The molecule has 33 heavy (non-hydrogen) atoms. The van der Waals surface area contributed by atoms with Crippen molar-refractivity contribution in [3.05, 3.63) is 110 Å². The van der Waals surface area contributed by atoms with Crippen LogP contribution >= 0.6 is 15.9 Å². The van der Waals surface area contributed by atoms with E-state index < -0.39 is 24.0 Å². The second kappa shape index (κ2) is 8.44. The molecule has 2 heterocycles. The summed E-state index contributed by atoms with van der Waals surface area (Å²) in [5, 5.41) is 18.7. The molecule has 1 unspecified atom stereocenters. The van der Waals surface area contributed by atoms with Crippen molar-refractivity contribution >= 4 is 27.9 Å². The summed E-state index contributed by atoms with van der Waals surface area (Å²) in [6.07, 6.45) is 1.68. The number of methoxy groups -OCH3 is 1. The lowest BCUT2D eigenvalue weighted by molar-refractivity contribution is -0.529. The Labute approximate surface area is 199 Å². The number of fused-ring (bicyclic) bond motifs is 3. The van der Waals surface area contributed by atoms with Gasteiger partial charge in [0.1, 0.15) is 17.8 Å². The quantitative estimate of drug-likeness (QED) is 0.281. The maximum Gasteiger partial charge on any atom is 0.248 e. The first-order valence-corrected chi connectivity index (χ1v) is 11.3. The second-order valence-electron chi connectivity index (χ2n) is 8.09. The molecule has 0 saturated carbocycles. The van der Waals surface area contributed by atoms with Crippen molar-refractivity contribution in [1.29, 1.82) is 0 Å². The summed E-state index contributed by atoms with van der Waals surface area (Å²) in [5.74, 6) is -0.263. The highest BCUT2D eigenvalue weighted by molar-refractivity contribution is 9.10. The van der Waals surface area contributed by atoms with Gasteiger partial charge in [0, 0.05) is 20.5 Å². The largest absolute Gasteiger partial charge is 0.497 e. The van der Waals surface area contributed by atoms with Gasteiger partial charge in [0.2, 0.25) is 6.04 Å². The van der Waals surface area contributed by atoms with Gasteiger partial charge in [-0.15, -0.1) is 0 Å². The predicted octanol–water partition coefficient (Wildman–Crippen LogP) is 4.84. The van der Waals surface area contributed by atoms with E-state index in [4.69, 9.17) is 4.74 Å². The SMILES string of the molecule is COc1ccc(C(=O)[C@H]2[C@H](c3ccc(Br)cc3)[C@@H]([N+](=O)[O-])C3c4ccccc4C=NN32)cc1. The van der Waals surface area contributed by atoms with E-state index in [1.807, 2.05) is 48.5 Å². The third kappa shape index (κ3) is 3.60. The van der Waals surface area contributed by atoms with Crippen LogP contribution in [0.1, 0.15) is 39.0 Å². The summed E-state index contributed by atoms with van der Waals surface area (Å²) in [7, 11) is 1.56. The Morgan fingerprint density at radius 1 is 1.06 bits per heavy atom. The maximum absolute atomic E-state index is 13.8. The van der Waals surface area contributed by atoms with E-state index in [0.29, 0.717) is 11.3 Å². The van der Waals surface area contributed by atoms with E-state index in [9.17, 15) is 14.9 Å². The van der Waals surface area contributed by atoms with Gasteiger partial charge in [-0.1, -0.05) is 52.3 Å². The number of ether oxygens (including phenoxy) is 1. The number of Topliss-reactive ketones (excluding diaryl/α,β-unsaturated/α-hetero) is 1. The number of halogens is 1. The fourth-order valence-corrected chi connectivity index (χ4v) is 5.16. The van der Waals surface area contributed by atoms with Crippen molar-refractivity contribution in [2.24, 2.45) is 5.10 Å². The van der Waals surface area contributed by atoms with Gasteiger partial charge in [0.05, 0.1) is 19.2 Å². The number of rotatable bonds is 5. The number of nitro groups is 1. The molecule has 0 aliphatic carbocycles. The van der Waals surface area contributed by atoms with Crippen LogP contribution < -0.4 is 4.74 Å². The van der Waals surface area contributed by atoms with Crippen LogP contribution in [-0.4, -0.2) is 41.1 Å². The van der Waals surface area contributed by atoms with Crippen LogP contribution in [0.25, 0.3) is 0 Å². The minimum Gasteiger partial charge on any atom is -0.497 e. The molecule has 166 valence electrons. The first-order chi connectivity index (χ1) is 16.0. The number of nitrogens with zero attached hydrogens (tertiary/aromatic N) is 3. The van der Waals surface area contributed by atoms with Gasteiger partial charge in [-0.05, 0) is 47.5 Å². The van der Waals surface area contributed by atoms with Gasteiger partial charge in [-0.3, -0.25) is 19.9 Å². The van der Waals surface area contributed by atoms with Crippen LogP contribution in [0.2, 0.25) is 0 Å². The van der Waals surface area contributed by atoms with Gasteiger partial charge in [-0.2, -0.15) is 5.10 Å². The highest BCUT2D eigenvalue weighted by Gasteiger charge is 2.60. The highest BCUT2D eigenvalue weighted by atomic mass is 79.9. The standard InChI is InChI=1S/C25H20BrN3O4/c1-33-19-12-8-16(9-13-19)25(30)24-21(15-6-10-18(26)11-7-15)23(29(31)32)22-20-5-3-2-4-17(20)14-27-28(22)24/h2-14,21-24H,1H3/t21-,22?,23-,24-/m1/s1. The van der Waals surface area contributed by atoms with E-state index in [2.05, 4.69) is 21.0 Å². The average Bonchev–Trinajstić information content (AvgIpc) is 3.20.